The van der Waals surface area contributed by atoms with Gasteiger partial charge in [-0.1, -0.05) is 23.7 Å². The first kappa shape index (κ1) is 12.1. The number of benzene rings is 1. The molecule has 0 heterocycles. The van der Waals surface area contributed by atoms with E-state index in [0.717, 1.165) is 0 Å². The molecule has 1 fully saturated rings. The Hall–Kier alpha value is -1.34. The van der Waals surface area contributed by atoms with Crippen LogP contribution in [0.3, 0.4) is 0 Å². The van der Waals surface area contributed by atoms with E-state index < -0.39 is 21.5 Å². The van der Waals surface area contributed by atoms with Crippen LogP contribution in [-0.4, -0.2) is 32.9 Å². The van der Waals surface area contributed by atoms with E-state index in [9.17, 15) is 13.2 Å². The minimum Gasteiger partial charge on any atom is -0.480 e. The molecule has 1 saturated carbocycles. The predicted molar refractivity (Wildman–Crippen MR) is 64.5 cm³/mol. The fraction of sp³-hybridized carbons (Fsp3) is 0.300. The van der Waals surface area contributed by atoms with Gasteiger partial charge in [0.2, 0.25) is 10.0 Å². The van der Waals surface area contributed by atoms with Crippen molar-refractivity contribution < 1.29 is 18.3 Å². The zero-order valence-electron chi connectivity index (χ0n) is 9.30. The Morgan fingerprint density at radius 1 is 1.35 bits per heavy atom. The molecule has 0 radical (unpaired) electrons. The number of hydrogen-bond acceptors (Lipinski definition) is 3. The first-order valence-corrected chi connectivity index (χ1v) is 6.69. The van der Waals surface area contributed by atoms with Crippen LogP contribution in [0.5, 0.6) is 0 Å². The molecule has 1 aliphatic rings. The molecule has 0 spiro atoms. The SMILES string of the molecule is Bc1ccccc1S(=O)(=O)NC1(C(=O)O)CC1. The topological polar surface area (TPSA) is 83.5 Å². The van der Waals surface area contributed by atoms with E-state index in [4.69, 9.17) is 5.11 Å². The molecule has 0 unspecified atom stereocenters. The van der Waals surface area contributed by atoms with Crippen LogP contribution in [0.4, 0.5) is 0 Å². The lowest BCUT2D eigenvalue weighted by molar-refractivity contribution is -0.140. The quantitative estimate of drug-likeness (QED) is 0.663. The summed E-state index contributed by atoms with van der Waals surface area (Å²) in [5, 5.41) is 8.96. The maximum atomic E-state index is 12.0. The largest absolute Gasteiger partial charge is 0.480 e. The molecular formula is C10H12BNO4S. The monoisotopic (exact) mass is 253 g/mol. The highest BCUT2D eigenvalue weighted by Gasteiger charge is 2.53. The van der Waals surface area contributed by atoms with Crippen LogP contribution in [0, 0.1) is 0 Å². The highest BCUT2D eigenvalue weighted by atomic mass is 32.2. The zero-order chi connectivity index (χ0) is 12.7. The fourth-order valence-corrected chi connectivity index (χ4v) is 3.32. The number of hydrogen-bond donors (Lipinski definition) is 2. The average molecular weight is 253 g/mol. The van der Waals surface area contributed by atoms with Crippen molar-refractivity contribution in [2.75, 3.05) is 0 Å². The number of sulfonamides is 1. The van der Waals surface area contributed by atoms with Crippen LogP contribution in [0.15, 0.2) is 29.2 Å². The molecule has 0 atom stereocenters. The second kappa shape index (κ2) is 3.85. The second-order valence-electron chi connectivity index (χ2n) is 4.26. The molecule has 1 aliphatic carbocycles. The lowest BCUT2D eigenvalue weighted by atomic mass is 9.97. The van der Waals surface area contributed by atoms with Crippen LogP contribution >= 0.6 is 0 Å². The minimum atomic E-state index is -3.76. The van der Waals surface area contributed by atoms with E-state index in [1.807, 2.05) is 0 Å². The molecular weight excluding hydrogens is 241 g/mol. The summed E-state index contributed by atoms with van der Waals surface area (Å²) in [5.41, 5.74) is -0.692. The molecule has 90 valence electrons. The van der Waals surface area contributed by atoms with Crippen molar-refractivity contribution in [2.45, 2.75) is 23.3 Å². The Morgan fingerprint density at radius 3 is 2.41 bits per heavy atom. The Balaban J connectivity index is 2.33. The van der Waals surface area contributed by atoms with Crippen molar-refractivity contribution >= 4 is 29.3 Å². The van der Waals surface area contributed by atoms with Gasteiger partial charge in [0.25, 0.3) is 0 Å². The van der Waals surface area contributed by atoms with Gasteiger partial charge in [-0.2, -0.15) is 4.72 Å². The van der Waals surface area contributed by atoms with E-state index in [-0.39, 0.29) is 4.90 Å². The third kappa shape index (κ3) is 2.20. The van der Waals surface area contributed by atoms with Crippen molar-refractivity contribution in [1.29, 1.82) is 0 Å². The third-order valence-electron chi connectivity index (χ3n) is 2.87. The number of carboxylic acids is 1. The maximum absolute atomic E-state index is 12.0. The predicted octanol–water partition coefficient (Wildman–Crippen LogP) is -1.16. The van der Waals surface area contributed by atoms with Crippen molar-refractivity contribution in [1.82, 2.24) is 4.72 Å². The summed E-state index contributed by atoms with van der Waals surface area (Å²) >= 11 is 0. The van der Waals surface area contributed by atoms with Crippen LogP contribution in [0.25, 0.3) is 0 Å². The first-order chi connectivity index (χ1) is 7.87. The average Bonchev–Trinajstić information content (AvgIpc) is 2.98. The lowest BCUT2D eigenvalue weighted by Crippen LogP contribution is -2.44. The normalized spacial score (nSPS) is 17.6. The van der Waals surface area contributed by atoms with Gasteiger partial charge in [-0.15, -0.1) is 0 Å². The second-order valence-corrected chi connectivity index (χ2v) is 5.91. The summed E-state index contributed by atoms with van der Waals surface area (Å²) in [6.07, 6.45) is 0.681. The van der Waals surface area contributed by atoms with Gasteiger partial charge in [0.1, 0.15) is 13.4 Å². The number of nitrogens with one attached hydrogen (secondary N) is 1. The Bertz CT molecular complexity index is 565. The summed E-state index contributed by atoms with van der Waals surface area (Å²) in [6, 6.07) is 6.49. The van der Waals surface area contributed by atoms with E-state index in [1.54, 1.807) is 26.0 Å². The number of aliphatic carboxylic acids is 1. The van der Waals surface area contributed by atoms with Crippen LogP contribution < -0.4 is 10.2 Å². The molecule has 1 aromatic carbocycles. The summed E-state index contributed by atoms with van der Waals surface area (Å²) in [6.45, 7) is 0. The molecule has 2 rings (SSSR count). The summed E-state index contributed by atoms with van der Waals surface area (Å²) in [5.74, 6) is -1.12. The van der Waals surface area contributed by atoms with Crippen molar-refractivity contribution in [3.05, 3.63) is 24.3 Å². The summed E-state index contributed by atoms with van der Waals surface area (Å²) in [7, 11) is -2.09. The molecule has 0 aliphatic heterocycles. The van der Waals surface area contributed by atoms with Gasteiger partial charge < -0.3 is 5.11 Å². The Labute approximate surface area is 100 Å². The molecule has 0 amide bonds. The van der Waals surface area contributed by atoms with Gasteiger partial charge in [-0.05, 0) is 18.9 Å². The van der Waals surface area contributed by atoms with Crippen LogP contribution in [-0.2, 0) is 14.8 Å². The number of rotatable bonds is 4. The smallest absolute Gasteiger partial charge is 0.324 e. The van der Waals surface area contributed by atoms with Gasteiger partial charge in [0.15, 0.2) is 0 Å². The number of carbonyl (C=O) groups is 1. The minimum absolute atomic E-state index is 0.132. The van der Waals surface area contributed by atoms with E-state index in [2.05, 4.69) is 4.72 Å². The van der Waals surface area contributed by atoms with Gasteiger partial charge in [-0.3, -0.25) is 4.79 Å². The van der Waals surface area contributed by atoms with Crippen molar-refractivity contribution in [3.8, 4) is 0 Å². The Kier molecular flexibility index (Phi) is 2.75. The van der Waals surface area contributed by atoms with Crippen LogP contribution in [0.1, 0.15) is 12.8 Å². The van der Waals surface area contributed by atoms with Crippen molar-refractivity contribution in [2.24, 2.45) is 0 Å². The van der Waals surface area contributed by atoms with E-state index in [0.29, 0.717) is 18.3 Å². The molecule has 2 N–H and O–H groups in total. The first-order valence-electron chi connectivity index (χ1n) is 5.20. The fourth-order valence-electron chi connectivity index (χ4n) is 1.65. The molecule has 7 heteroatoms. The van der Waals surface area contributed by atoms with Gasteiger partial charge in [-0.25, -0.2) is 8.42 Å². The summed E-state index contributed by atoms with van der Waals surface area (Å²) in [4.78, 5) is 11.1. The molecule has 1 aromatic rings. The molecule has 17 heavy (non-hydrogen) atoms. The molecule has 5 nitrogen and oxygen atoms in total. The van der Waals surface area contributed by atoms with E-state index in [1.165, 1.54) is 6.07 Å². The lowest BCUT2D eigenvalue weighted by Gasteiger charge is -2.14. The molecule has 0 bridgehead atoms. The van der Waals surface area contributed by atoms with Gasteiger partial charge in [0.05, 0.1) is 4.90 Å². The Morgan fingerprint density at radius 2 is 1.94 bits per heavy atom. The van der Waals surface area contributed by atoms with Gasteiger partial charge >= 0.3 is 5.97 Å². The number of carboxylic acid groups (broad SMARTS) is 1. The summed E-state index contributed by atoms with van der Waals surface area (Å²) < 4.78 is 26.4. The molecule has 0 aromatic heterocycles. The highest BCUT2D eigenvalue weighted by Crippen LogP contribution is 2.36. The van der Waals surface area contributed by atoms with Crippen molar-refractivity contribution in [3.63, 3.8) is 0 Å². The van der Waals surface area contributed by atoms with Crippen LogP contribution in [0.2, 0.25) is 0 Å². The van der Waals surface area contributed by atoms with Gasteiger partial charge in [0, 0.05) is 0 Å². The molecule has 0 saturated heterocycles. The highest BCUT2D eigenvalue weighted by molar-refractivity contribution is 7.89. The standard InChI is InChI=1S/C10H12BNO4S/c11-7-3-1-2-4-8(7)17(15,16)12-10(5-6-10)9(13)14/h1-4,12H,5-6,11H2,(H,13,14). The maximum Gasteiger partial charge on any atom is 0.324 e. The zero-order valence-corrected chi connectivity index (χ0v) is 10.1. The third-order valence-corrected chi connectivity index (χ3v) is 4.57. The van der Waals surface area contributed by atoms with E-state index >= 15 is 0 Å².